The number of aromatic nitrogens is 2. The highest BCUT2D eigenvalue weighted by molar-refractivity contribution is 6.03. The maximum Gasteiger partial charge on any atom is 0.410 e. The molecule has 5 heterocycles. The first-order valence-corrected chi connectivity index (χ1v) is 16.1. The highest BCUT2D eigenvalue weighted by Gasteiger charge is 2.50. The molecule has 0 aromatic carbocycles. The minimum Gasteiger partial charge on any atom is -0.444 e. The van der Waals surface area contributed by atoms with Crippen molar-refractivity contribution in [3.8, 4) is 0 Å². The number of ether oxygens (including phenoxy) is 1. The third-order valence-corrected chi connectivity index (χ3v) is 9.74. The first-order chi connectivity index (χ1) is 21.2. The molecule has 1 N–H and O–H groups in total. The second-order valence-electron chi connectivity index (χ2n) is 14.5. The van der Waals surface area contributed by atoms with Gasteiger partial charge < -0.3 is 24.8 Å². The van der Waals surface area contributed by atoms with Gasteiger partial charge in [-0.05, 0) is 76.6 Å². The molecule has 2 aromatic rings. The van der Waals surface area contributed by atoms with Crippen molar-refractivity contribution in [1.29, 1.82) is 0 Å². The number of nitrogens with zero attached hydrogens (tertiary/aromatic N) is 6. The molecule has 1 saturated carbocycles. The highest BCUT2D eigenvalue weighted by Crippen LogP contribution is 2.45. The summed E-state index contributed by atoms with van der Waals surface area (Å²) in [4.78, 5) is 54.6. The van der Waals surface area contributed by atoms with Gasteiger partial charge in [0.1, 0.15) is 17.2 Å². The normalized spacial score (nSPS) is 24.4. The van der Waals surface area contributed by atoms with Gasteiger partial charge >= 0.3 is 12.0 Å². The smallest absolute Gasteiger partial charge is 0.410 e. The average Bonchev–Trinajstić information content (AvgIpc) is 3.69. The Hall–Kier alpha value is -3.99. The monoisotopic (exact) mass is 616 g/mol. The summed E-state index contributed by atoms with van der Waals surface area (Å²) in [5.41, 5.74) is 2.52. The fourth-order valence-electron chi connectivity index (χ4n) is 7.51. The standard InChI is InChI=1S/C34H45N7O4/c1-21-14-29(35-17-26(21)31(42)39-18-22-15-24(20-39)40(19-22)33(44)45-34(2,3)4)36-28-13-12-23-16-27(32(43)38(5)6)41(7,30(23)37-28)25-10-8-9-11-25/h12-14,16-17,22,24-25H,8-11,15,18-20H2,1-7H3/p+1. The van der Waals surface area contributed by atoms with Crippen LogP contribution in [0.15, 0.2) is 30.1 Å². The van der Waals surface area contributed by atoms with Crippen LogP contribution in [0.4, 0.5) is 22.2 Å². The first-order valence-electron chi connectivity index (χ1n) is 16.1. The van der Waals surface area contributed by atoms with Crippen LogP contribution in [0.2, 0.25) is 0 Å². The number of hydrogen-bond donors (Lipinski definition) is 1. The molecule has 45 heavy (non-hydrogen) atoms. The number of fused-ring (bicyclic) bond motifs is 3. The lowest BCUT2D eigenvalue weighted by Gasteiger charge is -2.37. The predicted molar refractivity (Wildman–Crippen MR) is 174 cm³/mol. The van der Waals surface area contributed by atoms with Crippen LogP contribution in [0.25, 0.3) is 6.08 Å². The number of aryl methyl sites for hydroxylation is 1. The van der Waals surface area contributed by atoms with E-state index in [1.165, 1.54) is 0 Å². The largest absolute Gasteiger partial charge is 0.444 e. The molecule has 0 radical (unpaired) electrons. The quantitative estimate of drug-likeness (QED) is 0.475. The van der Waals surface area contributed by atoms with Crippen LogP contribution in [0, 0.1) is 12.8 Å². The van der Waals surface area contributed by atoms with Gasteiger partial charge in [-0.3, -0.25) is 9.59 Å². The van der Waals surface area contributed by atoms with Gasteiger partial charge in [-0.1, -0.05) is 0 Å². The van der Waals surface area contributed by atoms with E-state index in [0.717, 1.165) is 54.7 Å². The maximum absolute atomic E-state index is 13.7. The predicted octanol–water partition coefficient (Wildman–Crippen LogP) is 4.93. The number of rotatable bonds is 5. The number of likely N-dealkylation sites (N-methyl/N-ethyl adjacent to an activating group) is 2. The van der Waals surface area contributed by atoms with Gasteiger partial charge in [-0.25, -0.2) is 14.3 Å². The number of amides is 3. The van der Waals surface area contributed by atoms with E-state index in [1.807, 2.05) is 56.9 Å². The molecule has 1 aliphatic carbocycles. The summed E-state index contributed by atoms with van der Waals surface area (Å²) in [5.74, 6) is 2.28. The molecule has 3 atom stereocenters. The maximum atomic E-state index is 13.7. The van der Waals surface area contributed by atoms with Gasteiger partial charge in [0.2, 0.25) is 11.5 Å². The molecule has 3 aliphatic heterocycles. The molecule has 11 nitrogen and oxygen atoms in total. The van der Waals surface area contributed by atoms with Crippen molar-refractivity contribution < 1.29 is 19.1 Å². The molecule has 3 unspecified atom stereocenters. The van der Waals surface area contributed by atoms with E-state index >= 15 is 0 Å². The Kier molecular flexibility index (Phi) is 7.87. The van der Waals surface area contributed by atoms with Gasteiger partial charge in [-0.2, -0.15) is 4.98 Å². The van der Waals surface area contributed by atoms with Gasteiger partial charge in [0, 0.05) is 58.8 Å². The Morgan fingerprint density at radius 2 is 1.80 bits per heavy atom. The number of anilines is 2. The summed E-state index contributed by atoms with van der Waals surface area (Å²) in [6.45, 7) is 9.22. The molecular formula is C34H46N7O4+. The molecule has 6 rings (SSSR count). The Morgan fingerprint density at radius 3 is 2.47 bits per heavy atom. The molecule has 2 aromatic heterocycles. The molecule has 0 spiro atoms. The van der Waals surface area contributed by atoms with Crippen molar-refractivity contribution in [3.63, 3.8) is 0 Å². The van der Waals surface area contributed by atoms with Crippen LogP contribution >= 0.6 is 0 Å². The number of piperidine rings is 1. The van der Waals surface area contributed by atoms with Crippen LogP contribution in [-0.2, 0) is 9.53 Å². The Bertz CT molecular complexity index is 1560. The minimum absolute atomic E-state index is 0.00807. The lowest BCUT2D eigenvalue weighted by molar-refractivity contribution is -0.126. The fourth-order valence-corrected chi connectivity index (χ4v) is 7.51. The van der Waals surface area contributed by atoms with Crippen molar-refractivity contribution in [2.75, 3.05) is 46.1 Å². The van der Waals surface area contributed by atoms with Crippen molar-refractivity contribution in [2.45, 2.75) is 77.5 Å². The van der Waals surface area contributed by atoms with Crippen molar-refractivity contribution in [3.05, 3.63) is 46.8 Å². The zero-order valence-electron chi connectivity index (χ0n) is 27.6. The van der Waals surface area contributed by atoms with Crippen LogP contribution in [0.3, 0.4) is 0 Å². The van der Waals surface area contributed by atoms with Gasteiger partial charge in [0.05, 0.1) is 30.3 Å². The number of carbonyl (C=O) groups excluding carboxylic acids is 3. The van der Waals surface area contributed by atoms with E-state index in [0.29, 0.717) is 47.4 Å². The fraction of sp³-hybridized carbons (Fsp3) is 0.559. The van der Waals surface area contributed by atoms with Gasteiger partial charge in [0.25, 0.3) is 5.91 Å². The van der Waals surface area contributed by atoms with Crippen LogP contribution in [0.5, 0.6) is 0 Å². The zero-order valence-corrected chi connectivity index (χ0v) is 27.6. The van der Waals surface area contributed by atoms with E-state index in [1.54, 1.807) is 30.1 Å². The molecule has 4 aliphatic rings. The van der Waals surface area contributed by atoms with Crippen LogP contribution < -0.4 is 9.80 Å². The summed E-state index contributed by atoms with van der Waals surface area (Å²) in [6, 6.07) is 6.06. The summed E-state index contributed by atoms with van der Waals surface area (Å²) in [6.07, 6.45) is 8.63. The lowest BCUT2D eigenvalue weighted by Crippen LogP contribution is -2.54. The SMILES string of the molecule is Cc1cc(Nc2ccc3c(n2)[N+](C)(C2CCCC2)C(C(=O)N(C)C)=C3)ncc1C(=O)N1CC2CC(C1)N(C(=O)OC(C)(C)C)C2. The molecule has 240 valence electrons. The van der Waals surface area contributed by atoms with Crippen molar-refractivity contribution in [1.82, 2.24) is 29.2 Å². The average molecular weight is 617 g/mol. The minimum atomic E-state index is -0.559. The number of hydrogen-bond acceptors (Lipinski definition) is 7. The Balaban J connectivity index is 1.17. The van der Waals surface area contributed by atoms with Crippen molar-refractivity contribution in [2.24, 2.45) is 5.92 Å². The van der Waals surface area contributed by atoms with E-state index < -0.39 is 5.60 Å². The summed E-state index contributed by atoms with van der Waals surface area (Å²) >= 11 is 0. The topological polar surface area (TPSA) is 108 Å². The van der Waals surface area contributed by atoms with E-state index in [-0.39, 0.29) is 29.9 Å². The van der Waals surface area contributed by atoms with Crippen LogP contribution in [0.1, 0.15) is 74.4 Å². The highest BCUT2D eigenvalue weighted by atomic mass is 16.6. The number of quaternary nitrogens is 1. The van der Waals surface area contributed by atoms with E-state index in [2.05, 4.69) is 17.3 Å². The van der Waals surface area contributed by atoms with Crippen molar-refractivity contribution >= 4 is 41.4 Å². The third kappa shape index (κ3) is 5.78. The molecular weight excluding hydrogens is 570 g/mol. The van der Waals surface area contributed by atoms with Gasteiger partial charge in [-0.15, -0.1) is 0 Å². The molecule has 2 saturated heterocycles. The Morgan fingerprint density at radius 1 is 1.07 bits per heavy atom. The van der Waals surface area contributed by atoms with E-state index in [4.69, 9.17) is 9.72 Å². The summed E-state index contributed by atoms with van der Waals surface area (Å²) in [7, 11) is 5.71. The molecule has 2 bridgehead atoms. The molecule has 3 amide bonds. The first kappa shape index (κ1) is 31.0. The third-order valence-electron chi connectivity index (χ3n) is 9.74. The molecule has 11 heteroatoms. The second kappa shape index (κ2) is 11.4. The second-order valence-corrected chi connectivity index (χ2v) is 14.5. The van der Waals surface area contributed by atoms with E-state index in [9.17, 15) is 14.4 Å². The number of nitrogens with one attached hydrogen (secondary N) is 1. The Labute approximate surface area is 265 Å². The van der Waals surface area contributed by atoms with Gasteiger partial charge in [0.15, 0.2) is 0 Å². The summed E-state index contributed by atoms with van der Waals surface area (Å²) < 4.78 is 6.03. The lowest BCUT2D eigenvalue weighted by atomic mass is 9.99. The number of pyridine rings is 2. The molecule has 3 fully saturated rings. The van der Waals surface area contributed by atoms with Crippen LogP contribution in [-0.4, -0.2) is 101 Å². The number of carbonyl (C=O) groups is 3. The zero-order chi connectivity index (χ0) is 32.3. The number of likely N-dealkylation sites (tertiary alicyclic amines) is 2. The summed E-state index contributed by atoms with van der Waals surface area (Å²) in [5, 5.41) is 3.34.